The molecule has 0 saturated heterocycles. The molecule has 2 N–H and O–H groups in total. The Balaban J connectivity index is 1.95. The molecular formula is C16H24BrNO. The number of halogens is 1. The van der Waals surface area contributed by atoms with E-state index < -0.39 is 0 Å². The average Bonchev–Trinajstić information content (AvgIpc) is 2.43. The van der Waals surface area contributed by atoms with Gasteiger partial charge in [0.25, 0.3) is 0 Å². The molecule has 1 aromatic carbocycles. The molecule has 1 saturated carbocycles. The Morgan fingerprint density at radius 3 is 2.42 bits per heavy atom. The van der Waals surface area contributed by atoms with Crippen molar-refractivity contribution in [2.24, 2.45) is 11.7 Å². The number of rotatable bonds is 5. The largest absolute Gasteiger partial charge is 0.380 e. The van der Waals surface area contributed by atoms with Crippen molar-refractivity contribution < 1.29 is 4.74 Å². The maximum atomic E-state index is 6.39. The van der Waals surface area contributed by atoms with E-state index in [4.69, 9.17) is 10.5 Å². The lowest BCUT2D eigenvalue weighted by atomic mass is 9.81. The zero-order chi connectivity index (χ0) is 13.7. The summed E-state index contributed by atoms with van der Waals surface area (Å²) in [6, 6.07) is 8.51. The molecular weight excluding hydrogens is 302 g/mol. The highest BCUT2D eigenvalue weighted by Crippen LogP contribution is 2.29. The Morgan fingerprint density at radius 1 is 1.21 bits per heavy atom. The molecule has 1 aliphatic rings. The third kappa shape index (κ3) is 4.30. The molecule has 0 bridgehead atoms. The monoisotopic (exact) mass is 325 g/mol. The quantitative estimate of drug-likeness (QED) is 0.890. The van der Waals surface area contributed by atoms with E-state index >= 15 is 0 Å². The highest BCUT2D eigenvalue weighted by molar-refractivity contribution is 9.10. The van der Waals surface area contributed by atoms with Crippen molar-refractivity contribution in [3.05, 3.63) is 34.3 Å². The summed E-state index contributed by atoms with van der Waals surface area (Å²) >= 11 is 3.46. The van der Waals surface area contributed by atoms with Gasteiger partial charge in [0.05, 0.1) is 6.10 Å². The zero-order valence-electron chi connectivity index (χ0n) is 11.6. The van der Waals surface area contributed by atoms with Gasteiger partial charge in [-0.25, -0.2) is 0 Å². The second-order valence-corrected chi connectivity index (χ2v) is 6.51. The van der Waals surface area contributed by atoms with Gasteiger partial charge < -0.3 is 10.5 Å². The van der Waals surface area contributed by atoms with E-state index in [9.17, 15) is 0 Å². The third-order valence-corrected chi connectivity index (χ3v) is 4.72. The topological polar surface area (TPSA) is 35.2 Å². The van der Waals surface area contributed by atoms with Gasteiger partial charge in [-0.05, 0) is 42.9 Å². The predicted octanol–water partition coefficient (Wildman–Crippen LogP) is 3.91. The lowest BCUT2D eigenvalue weighted by Gasteiger charge is -2.33. The summed E-state index contributed by atoms with van der Waals surface area (Å²) in [5, 5.41) is 0. The van der Waals surface area contributed by atoms with Crippen molar-refractivity contribution in [3.8, 4) is 0 Å². The number of methoxy groups -OCH3 is 1. The van der Waals surface area contributed by atoms with Crippen molar-refractivity contribution in [3.63, 3.8) is 0 Å². The highest BCUT2D eigenvalue weighted by Gasteiger charge is 2.28. The molecule has 0 radical (unpaired) electrons. The molecule has 2 atom stereocenters. The van der Waals surface area contributed by atoms with Crippen molar-refractivity contribution in [1.82, 2.24) is 0 Å². The summed E-state index contributed by atoms with van der Waals surface area (Å²) in [5.41, 5.74) is 7.68. The molecule has 0 aliphatic heterocycles. The summed E-state index contributed by atoms with van der Waals surface area (Å²) in [7, 11) is 1.81. The van der Waals surface area contributed by atoms with E-state index in [1.54, 1.807) is 7.11 Å². The molecule has 2 rings (SSSR count). The molecule has 1 fully saturated rings. The molecule has 0 amide bonds. The van der Waals surface area contributed by atoms with Crippen molar-refractivity contribution in [2.75, 3.05) is 7.11 Å². The first-order valence-corrected chi connectivity index (χ1v) is 8.03. The van der Waals surface area contributed by atoms with Gasteiger partial charge in [-0.15, -0.1) is 0 Å². The molecule has 2 unspecified atom stereocenters. The number of nitrogens with two attached hydrogens (primary N) is 1. The second-order valence-electron chi connectivity index (χ2n) is 5.59. The van der Waals surface area contributed by atoms with Gasteiger partial charge in [-0.1, -0.05) is 47.3 Å². The average molecular weight is 326 g/mol. The van der Waals surface area contributed by atoms with Crippen LogP contribution < -0.4 is 5.73 Å². The normalized spacial score (nSPS) is 20.2. The highest BCUT2D eigenvalue weighted by atomic mass is 79.9. The van der Waals surface area contributed by atoms with Crippen LogP contribution in [0.15, 0.2) is 28.7 Å². The van der Waals surface area contributed by atoms with Gasteiger partial charge in [0.1, 0.15) is 0 Å². The molecule has 1 aromatic rings. The Morgan fingerprint density at radius 2 is 1.84 bits per heavy atom. The van der Waals surface area contributed by atoms with Gasteiger partial charge >= 0.3 is 0 Å². The van der Waals surface area contributed by atoms with Crippen LogP contribution >= 0.6 is 15.9 Å². The SMILES string of the molecule is COC(C(N)Cc1ccc(Br)cc1)C1CCCCC1. The van der Waals surface area contributed by atoms with E-state index in [0.717, 1.165) is 10.9 Å². The van der Waals surface area contributed by atoms with Crippen LogP contribution in [0.4, 0.5) is 0 Å². The number of benzene rings is 1. The van der Waals surface area contributed by atoms with Crippen molar-refractivity contribution >= 4 is 15.9 Å². The fraction of sp³-hybridized carbons (Fsp3) is 0.625. The van der Waals surface area contributed by atoms with Crippen LogP contribution in [0.3, 0.4) is 0 Å². The summed E-state index contributed by atoms with van der Waals surface area (Å²) in [6.07, 6.45) is 7.66. The first-order chi connectivity index (χ1) is 9.20. The summed E-state index contributed by atoms with van der Waals surface area (Å²) in [5.74, 6) is 0.643. The maximum Gasteiger partial charge on any atom is 0.0753 e. The Bertz CT molecular complexity index is 373. The molecule has 1 aliphatic carbocycles. The Kier molecular flexibility index (Phi) is 5.86. The fourth-order valence-corrected chi connectivity index (χ4v) is 3.45. The van der Waals surface area contributed by atoms with Gasteiger partial charge in [0.15, 0.2) is 0 Å². The Hall–Kier alpha value is -0.380. The van der Waals surface area contributed by atoms with Gasteiger partial charge in [-0.2, -0.15) is 0 Å². The Labute approximate surface area is 124 Å². The van der Waals surface area contributed by atoms with Crippen LogP contribution in [0, 0.1) is 5.92 Å². The minimum absolute atomic E-state index is 0.0919. The smallest absolute Gasteiger partial charge is 0.0753 e. The molecule has 0 spiro atoms. The van der Waals surface area contributed by atoms with Crippen LogP contribution in [-0.2, 0) is 11.2 Å². The van der Waals surface area contributed by atoms with E-state index in [0.29, 0.717) is 5.92 Å². The molecule has 0 aromatic heterocycles. The minimum Gasteiger partial charge on any atom is -0.380 e. The summed E-state index contributed by atoms with van der Waals surface area (Å²) in [4.78, 5) is 0. The minimum atomic E-state index is 0.0919. The summed E-state index contributed by atoms with van der Waals surface area (Å²) < 4.78 is 6.82. The molecule has 106 valence electrons. The first kappa shape index (κ1) is 15.0. The van der Waals surface area contributed by atoms with Crippen molar-refractivity contribution in [2.45, 2.75) is 50.7 Å². The van der Waals surface area contributed by atoms with E-state index in [2.05, 4.69) is 40.2 Å². The number of hydrogen-bond donors (Lipinski definition) is 1. The van der Waals surface area contributed by atoms with E-state index in [1.165, 1.54) is 37.7 Å². The molecule has 3 heteroatoms. The number of ether oxygens (including phenoxy) is 1. The zero-order valence-corrected chi connectivity index (χ0v) is 13.2. The lowest BCUT2D eigenvalue weighted by molar-refractivity contribution is 0.0179. The van der Waals surface area contributed by atoms with Gasteiger partial charge in [0, 0.05) is 17.6 Å². The fourth-order valence-electron chi connectivity index (χ4n) is 3.19. The third-order valence-electron chi connectivity index (χ3n) is 4.19. The van der Waals surface area contributed by atoms with E-state index in [-0.39, 0.29) is 12.1 Å². The van der Waals surface area contributed by atoms with Crippen LogP contribution in [0.25, 0.3) is 0 Å². The van der Waals surface area contributed by atoms with E-state index in [1.807, 2.05) is 0 Å². The predicted molar refractivity (Wildman–Crippen MR) is 83.2 cm³/mol. The summed E-state index contributed by atoms with van der Waals surface area (Å²) in [6.45, 7) is 0. The van der Waals surface area contributed by atoms with Gasteiger partial charge in [0.2, 0.25) is 0 Å². The first-order valence-electron chi connectivity index (χ1n) is 7.23. The molecule has 2 nitrogen and oxygen atoms in total. The van der Waals surface area contributed by atoms with Crippen molar-refractivity contribution in [1.29, 1.82) is 0 Å². The molecule has 19 heavy (non-hydrogen) atoms. The molecule has 0 heterocycles. The van der Waals surface area contributed by atoms with Gasteiger partial charge in [-0.3, -0.25) is 0 Å². The van der Waals surface area contributed by atoms with Crippen LogP contribution in [0.1, 0.15) is 37.7 Å². The number of hydrogen-bond acceptors (Lipinski definition) is 2. The standard InChI is InChI=1S/C16H24BrNO/c1-19-16(13-5-3-2-4-6-13)15(18)11-12-7-9-14(17)10-8-12/h7-10,13,15-16H,2-6,11,18H2,1H3. The van der Waals surface area contributed by atoms with Crippen LogP contribution in [-0.4, -0.2) is 19.3 Å². The maximum absolute atomic E-state index is 6.39. The lowest BCUT2D eigenvalue weighted by Crippen LogP contribution is -2.43. The van der Waals surface area contributed by atoms with Crippen LogP contribution in [0.2, 0.25) is 0 Å². The second kappa shape index (κ2) is 7.41. The van der Waals surface area contributed by atoms with Crippen LogP contribution in [0.5, 0.6) is 0 Å².